The molecule has 2 aliphatic rings. The molecule has 0 saturated carbocycles. The summed E-state index contributed by atoms with van der Waals surface area (Å²) in [6.45, 7) is 9.02. The van der Waals surface area contributed by atoms with E-state index < -0.39 is 0 Å². The number of hydrogen-bond donors (Lipinski definition) is 0. The maximum atomic E-state index is 12.4. The second-order valence-electron chi connectivity index (χ2n) is 7.11. The van der Waals surface area contributed by atoms with Crippen molar-refractivity contribution in [1.82, 2.24) is 4.90 Å². The Morgan fingerprint density at radius 1 is 1.28 bits per heavy atom. The van der Waals surface area contributed by atoms with Crippen molar-refractivity contribution in [2.24, 2.45) is 5.92 Å². The first-order valence-corrected chi connectivity index (χ1v) is 9.27. The van der Waals surface area contributed by atoms with Crippen molar-refractivity contribution < 1.29 is 4.79 Å². The minimum absolute atomic E-state index is 0.00319. The molecule has 0 radical (unpaired) electrons. The summed E-state index contributed by atoms with van der Waals surface area (Å²) in [5, 5.41) is 0. The highest BCUT2D eigenvalue weighted by molar-refractivity contribution is 6.01. The van der Waals surface area contributed by atoms with E-state index in [2.05, 4.69) is 36.6 Å². The van der Waals surface area contributed by atoms with Crippen molar-refractivity contribution in [2.45, 2.75) is 32.2 Å². The number of piperidine rings is 1. The van der Waals surface area contributed by atoms with Gasteiger partial charge < -0.3 is 4.90 Å². The van der Waals surface area contributed by atoms with Gasteiger partial charge in [0.05, 0.1) is 0 Å². The zero-order valence-corrected chi connectivity index (χ0v) is 15.1. The first-order valence-electron chi connectivity index (χ1n) is 9.27. The second-order valence-corrected chi connectivity index (χ2v) is 7.11. The van der Waals surface area contributed by atoms with Crippen LogP contribution in [0.5, 0.6) is 0 Å². The van der Waals surface area contributed by atoms with Gasteiger partial charge in [-0.15, -0.1) is 0 Å². The molecule has 3 heteroatoms. The highest BCUT2D eigenvalue weighted by Crippen LogP contribution is 2.25. The lowest BCUT2D eigenvalue weighted by Gasteiger charge is -2.38. The lowest BCUT2D eigenvalue weighted by Crippen LogP contribution is -2.47. The largest absolute Gasteiger partial charge is 0.306 e. The van der Waals surface area contributed by atoms with Gasteiger partial charge in [0.15, 0.2) is 0 Å². The average Bonchev–Trinajstić information content (AvgIpc) is 2.66. The summed E-state index contributed by atoms with van der Waals surface area (Å²) in [5.74, 6) is 0.662. The summed E-state index contributed by atoms with van der Waals surface area (Å²) >= 11 is 0. The zero-order valence-electron chi connectivity index (χ0n) is 15.1. The molecule has 3 rings (SSSR count). The third-order valence-corrected chi connectivity index (χ3v) is 5.17. The van der Waals surface area contributed by atoms with E-state index in [0.717, 1.165) is 44.6 Å². The number of benzene rings is 1. The summed E-state index contributed by atoms with van der Waals surface area (Å²) in [7, 11) is 0. The van der Waals surface area contributed by atoms with Gasteiger partial charge in [0.25, 0.3) is 5.91 Å². The van der Waals surface area contributed by atoms with Crippen LogP contribution in [-0.2, 0) is 4.79 Å². The molecule has 1 atom stereocenters. The number of nitrogens with zero attached hydrogens (tertiary/aromatic N) is 2. The Bertz CT molecular complexity index is 654. The molecule has 0 aromatic heterocycles. The van der Waals surface area contributed by atoms with Crippen LogP contribution in [-0.4, -0.2) is 36.5 Å². The quantitative estimate of drug-likeness (QED) is 0.753. The van der Waals surface area contributed by atoms with Crippen LogP contribution in [0.4, 0.5) is 5.69 Å². The third kappa shape index (κ3) is 4.49. The van der Waals surface area contributed by atoms with E-state index in [1.54, 1.807) is 0 Å². The molecule has 132 valence electrons. The Morgan fingerprint density at radius 2 is 2.00 bits per heavy atom. The van der Waals surface area contributed by atoms with E-state index in [4.69, 9.17) is 0 Å². The highest BCUT2D eigenvalue weighted by atomic mass is 16.2. The molecule has 0 bridgehead atoms. The number of para-hydroxylation sites is 1. The number of amides is 1. The van der Waals surface area contributed by atoms with Gasteiger partial charge in [0.2, 0.25) is 0 Å². The van der Waals surface area contributed by atoms with E-state index in [0.29, 0.717) is 5.92 Å². The molecule has 1 amide bonds. The minimum atomic E-state index is -0.00319. The van der Waals surface area contributed by atoms with Crippen LogP contribution in [0.1, 0.15) is 26.2 Å². The molecule has 0 N–H and O–H groups in total. The van der Waals surface area contributed by atoms with E-state index in [-0.39, 0.29) is 11.9 Å². The minimum Gasteiger partial charge on any atom is -0.306 e. The molecule has 1 aliphatic heterocycles. The van der Waals surface area contributed by atoms with E-state index in [9.17, 15) is 4.79 Å². The fourth-order valence-electron chi connectivity index (χ4n) is 3.69. The van der Waals surface area contributed by atoms with Crippen LogP contribution in [0, 0.1) is 5.92 Å². The van der Waals surface area contributed by atoms with Gasteiger partial charge in [-0.3, -0.25) is 9.69 Å². The van der Waals surface area contributed by atoms with Gasteiger partial charge in [0.1, 0.15) is 0 Å². The van der Waals surface area contributed by atoms with Crippen LogP contribution in [0.25, 0.3) is 0 Å². The predicted octanol–water partition coefficient (Wildman–Crippen LogP) is 4.19. The Morgan fingerprint density at radius 3 is 2.60 bits per heavy atom. The van der Waals surface area contributed by atoms with E-state index in [1.807, 2.05) is 35.2 Å². The summed E-state index contributed by atoms with van der Waals surface area (Å²) in [5.41, 5.74) is 2.40. The van der Waals surface area contributed by atoms with Crippen molar-refractivity contribution in [1.29, 1.82) is 0 Å². The third-order valence-electron chi connectivity index (χ3n) is 5.17. The molecule has 0 spiro atoms. The number of anilines is 1. The number of hydrogen-bond acceptors (Lipinski definition) is 2. The van der Waals surface area contributed by atoms with Crippen molar-refractivity contribution in [2.75, 3.05) is 24.5 Å². The fraction of sp³-hybridized carbons (Fsp3) is 0.409. The van der Waals surface area contributed by atoms with Gasteiger partial charge in [-0.05, 0) is 49.0 Å². The number of carbonyl (C=O) groups is 1. The molecule has 1 aromatic carbocycles. The predicted molar refractivity (Wildman–Crippen MR) is 105 cm³/mol. The average molecular weight is 336 g/mol. The standard InChI is InChI=1S/C22H28N2O/c1-3-22(25)24(20-7-5-4-6-8-20)21-13-15-23(16-14-21)17-19-11-9-18(2)10-12-19/h3-9,11-12,18,21H,1,10,13-17H2,2H3. The number of likely N-dealkylation sites (tertiary alicyclic amines) is 1. The molecule has 1 aliphatic carbocycles. The molecule has 1 heterocycles. The molecule has 1 aromatic rings. The van der Waals surface area contributed by atoms with Crippen LogP contribution < -0.4 is 4.90 Å². The Kier molecular flexibility index (Phi) is 5.87. The van der Waals surface area contributed by atoms with Gasteiger partial charge in [-0.1, -0.05) is 49.9 Å². The topological polar surface area (TPSA) is 23.6 Å². The lowest BCUT2D eigenvalue weighted by molar-refractivity contribution is -0.114. The first-order chi connectivity index (χ1) is 12.2. The van der Waals surface area contributed by atoms with Gasteiger partial charge in [0, 0.05) is 31.4 Å². The number of rotatable bonds is 5. The molecule has 25 heavy (non-hydrogen) atoms. The Balaban J connectivity index is 1.61. The molecular formula is C22H28N2O. The van der Waals surface area contributed by atoms with E-state index in [1.165, 1.54) is 11.6 Å². The monoisotopic (exact) mass is 336 g/mol. The van der Waals surface area contributed by atoms with Crippen LogP contribution in [0.15, 0.2) is 66.8 Å². The fourth-order valence-corrected chi connectivity index (χ4v) is 3.69. The van der Waals surface area contributed by atoms with Crippen LogP contribution >= 0.6 is 0 Å². The summed E-state index contributed by atoms with van der Waals surface area (Å²) in [6.07, 6.45) is 11.5. The molecule has 1 saturated heterocycles. The first kappa shape index (κ1) is 17.7. The van der Waals surface area contributed by atoms with Crippen molar-refractivity contribution in [3.05, 3.63) is 66.8 Å². The molecule has 1 fully saturated rings. The molecule has 1 unspecified atom stereocenters. The number of carbonyl (C=O) groups excluding carboxylic acids is 1. The molecular weight excluding hydrogens is 308 g/mol. The Labute approximate surface area is 151 Å². The SMILES string of the molecule is C=CC(=O)N(c1ccccc1)C1CCN(CC2=CCC(C)C=C2)CC1. The van der Waals surface area contributed by atoms with Gasteiger partial charge in [-0.25, -0.2) is 0 Å². The van der Waals surface area contributed by atoms with Gasteiger partial charge >= 0.3 is 0 Å². The Hall–Kier alpha value is -2.13. The highest BCUT2D eigenvalue weighted by Gasteiger charge is 2.28. The number of allylic oxidation sites excluding steroid dienone is 2. The summed E-state index contributed by atoms with van der Waals surface area (Å²) < 4.78 is 0. The maximum absolute atomic E-state index is 12.4. The lowest BCUT2D eigenvalue weighted by atomic mass is 9.97. The maximum Gasteiger partial charge on any atom is 0.250 e. The van der Waals surface area contributed by atoms with Gasteiger partial charge in [-0.2, -0.15) is 0 Å². The van der Waals surface area contributed by atoms with Crippen LogP contribution in [0.3, 0.4) is 0 Å². The van der Waals surface area contributed by atoms with E-state index >= 15 is 0 Å². The summed E-state index contributed by atoms with van der Waals surface area (Å²) in [6, 6.07) is 10.2. The van der Waals surface area contributed by atoms with Crippen molar-refractivity contribution in [3.63, 3.8) is 0 Å². The summed E-state index contributed by atoms with van der Waals surface area (Å²) in [4.78, 5) is 16.8. The zero-order chi connectivity index (χ0) is 17.6. The van der Waals surface area contributed by atoms with Crippen molar-refractivity contribution >= 4 is 11.6 Å². The normalized spacial score (nSPS) is 21.6. The van der Waals surface area contributed by atoms with Crippen molar-refractivity contribution in [3.8, 4) is 0 Å². The van der Waals surface area contributed by atoms with Crippen LogP contribution in [0.2, 0.25) is 0 Å². The second kappa shape index (κ2) is 8.30. The smallest absolute Gasteiger partial charge is 0.250 e. The molecule has 3 nitrogen and oxygen atoms in total.